The second-order valence-corrected chi connectivity index (χ2v) is 5.30. The number of methoxy groups -OCH3 is 1. The van der Waals surface area contributed by atoms with E-state index in [1.165, 1.54) is 0 Å². The number of amides is 1. The summed E-state index contributed by atoms with van der Waals surface area (Å²) >= 11 is 3.42. The number of ether oxygens (including phenoxy) is 2. The van der Waals surface area contributed by atoms with Gasteiger partial charge in [0.1, 0.15) is 0 Å². The number of hydrogen-bond donors (Lipinski definition) is 1. The van der Waals surface area contributed by atoms with Crippen LogP contribution in [0.4, 0.5) is 0 Å². The van der Waals surface area contributed by atoms with Crippen LogP contribution < -0.4 is 9.47 Å². The molecule has 5 nitrogen and oxygen atoms in total. The average Bonchev–Trinajstić information content (AvgIpc) is 2.50. The minimum atomic E-state index is -0.146. The third-order valence-corrected chi connectivity index (χ3v) is 3.55. The molecule has 0 unspecified atom stereocenters. The standard InChI is InChI=1S/C15H22BrNO4/c1-4-8-21-14-12(16)9-11(10-13(14)20-3)15(19)17(5-2)6-7-18/h9-10,18H,4-8H2,1-3H3. The van der Waals surface area contributed by atoms with Crippen LogP contribution in [-0.2, 0) is 0 Å². The van der Waals surface area contributed by atoms with Crippen LogP contribution >= 0.6 is 15.9 Å². The van der Waals surface area contributed by atoms with Gasteiger partial charge < -0.3 is 19.5 Å². The molecule has 0 saturated heterocycles. The minimum Gasteiger partial charge on any atom is -0.493 e. The predicted octanol–water partition coefficient (Wildman–Crippen LogP) is 2.70. The van der Waals surface area contributed by atoms with Gasteiger partial charge >= 0.3 is 0 Å². The summed E-state index contributed by atoms with van der Waals surface area (Å²) in [5.41, 5.74) is 0.498. The van der Waals surface area contributed by atoms with Gasteiger partial charge in [-0.3, -0.25) is 4.79 Å². The van der Waals surface area contributed by atoms with Gasteiger partial charge in [0.2, 0.25) is 0 Å². The fourth-order valence-electron chi connectivity index (χ4n) is 1.89. The van der Waals surface area contributed by atoms with Crippen molar-refractivity contribution in [3.63, 3.8) is 0 Å². The van der Waals surface area contributed by atoms with E-state index in [4.69, 9.17) is 14.6 Å². The highest BCUT2D eigenvalue weighted by Crippen LogP contribution is 2.37. The molecular formula is C15H22BrNO4. The molecule has 0 aromatic heterocycles. The highest BCUT2D eigenvalue weighted by Gasteiger charge is 2.19. The van der Waals surface area contributed by atoms with Gasteiger partial charge in [-0.1, -0.05) is 6.92 Å². The van der Waals surface area contributed by atoms with Gasteiger partial charge in [0.05, 0.1) is 24.8 Å². The van der Waals surface area contributed by atoms with E-state index in [2.05, 4.69) is 15.9 Å². The molecule has 1 amide bonds. The number of aliphatic hydroxyl groups is 1. The van der Waals surface area contributed by atoms with Crippen LogP contribution in [0.5, 0.6) is 11.5 Å². The summed E-state index contributed by atoms with van der Waals surface area (Å²) in [5, 5.41) is 9.01. The maximum Gasteiger partial charge on any atom is 0.254 e. The predicted molar refractivity (Wildman–Crippen MR) is 85.1 cm³/mol. The molecule has 0 aliphatic carbocycles. The summed E-state index contributed by atoms with van der Waals surface area (Å²) in [4.78, 5) is 14.0. The number of rotatable bonds is 8. The Labute approximate surface area is 134 Å². The third-order valence-electron chi connectivity index (χ3n) is 2.97. The number of benzene rings is 1. The van der Waals surface area contributed by atoms with Crippen molar-refractivity contribution in [2.45, 2.75) is 20.3 Å². The largest absolute Gasteiger partial charge is 0.493 e. The summed E-state index contributed by atoms with van der Waals surface area (Å²) < 4.78 is 11.6. The van der Waals surface area contributed by atoms with Crippen molar-refractivity contribution in [3.05, 3.63) is 22.2 Å². The molecule has 0 bridgehead atoms. The van der Waals surface area contributed by atoms with Crippen LogP contribution in [0, 0.1) is 0 Å². The normalized spacial score (nSPS) is 10.3. The molecule has 0 spiro atoms. The van der Waals surface area contributed by atoms with E-state index in [0.717, 1.165) is 6.42 Å². The van der Waals surface area contributed by atoms with Crippen LogP contribution in [-0.4, -0.2) is 49.3 Å². The second kappa shape index (κ2) is 8.89. The Balaban J connectivity index is 3.09. The first-order valence-electron chi connectivity index (χ1n) is 6.99. The molecule has 1 aromatic rings. The molecule has 0 saturated carbocycles. The molecule has 0 aliphatic heterocycles. The lowest BCUT2D eigenvalue weighted by atomic mass is 10.1. The van der Waals surface area contributed by atoms with E-state index in [-0.39, 0.29) is 12.5 Å². The minimum absolute atomic E-state index is 0.0599. The first-order chi connectivity index (χ1) is 10.1. The number of carbonyl (C=O) groups excluding carboxylic acids is 1. The summed E-state index contributed by atoms with van der Waals surface area (Å²) in [5.74, 6) is 0.968. The monoisotopic (exact) mass is 359 g/mol. The van der Waals surface area contributed by atoms with Gasteiger partial charge in [-0.15, -0.1) is 0 Å². The smallest absolute Gasteiger partial charge is 0.254 e. The van der Waals surface area contributed by atoms with Crippen molar-refractivity contribution in [2.24, 2.45) is 0 Å². The Hall–Kier alpha value is -1.27. The van der Waals surface area contributed by atoms with E-state index in [9.17, 15) is 4.79 Å². The number of halogens is 1. The van der Waals surface area contributed by atoms with Crippen molar-refractivity contribution in [1.29, 1.82) is 0 Å². The molecule has 1 N–H and O–H groups in total. The number of hydrogen-bond acceptors (Lipinski definition) is 4. The molecule has 0 atom stereocenters. The SMILES string of the molecule is CCCOc1c(Br)cc(C(=O)N(CC)CCO)cc1OC. The van der Waals surface area contributed by atoms with Gasteiger partial charge in [-0.2, -0.15) is 0 Å². The van der Waals surface area contributed by atoms with Crippen LogP contribution in [0.1, 0.15) is 30.6 Å². The van der Waals surface area contributed by atoms with Crippen molar-refractivity contribution in [3.8, 4) is 11.5 Å². The fraction of sp³-hybridized carbons (Fsp3) is 0.533. The third kappa shape index (κ3) is 4.61. The molecule has 118 valence electrons. The van der Waals surface area contributed by atoms with E-state index in [1.807, 2.05) is 13.8 Å². The molecule has 0 fully saturated rings. The van der Waals surface area contributed by atoms with Crippen LogP contribution in [0.15, 0.2) is 16.6 Å². The number of likely N-dealkylation sites (N-methyl/N-ethyl adjacent to an activating group) is 1. The van der Waals surface area contributed by atoms with E-state index >= 15 is 0 Å². The Morgan fingerprint density at radius 2 is 2.10 bits per heavy atom. The first kappa shape index (κ1) is 17.8. The summed E-state index contributed by atoms with van der Waals surface area (Å²) in [6, 6.07) is 3.38. The van der Waals surface area contributed by atoms with Gasteiger partial charge in [0.25, 0.3) is 5.91 Å². The molecule has 6 heteroatoms. The lowest BCUT2D eigenvalue weighted by Crippen LogP contribution is -2.33. The molecule has 1 aromatic carbocycles. The topological polar surface area (TPSA) is 59.0 Å². The van der Waals surface area contributed by atoms with Crippen molar-refractivity contribution in [2.75, 3.05) is 33.4 Å². The quantitative estimate of drug-likeness (QED) is 0.775. The number of aliphatic hydroxyl groups excluding tert-OH is 1. The zero-order valence-electron chi connectivity index (χ0n) is 12.7. The van der Waals surface area contributed by atoms with Crippen LogP contribution in [0.3, 0.4) is 0 Å². The maximum absolute atomic E-state index is 12.4. The number of carbonyl (C=O) groups is 1. The molecule has 21 heavy (non-hydrogen) atoms. The maximum atomic E-state index is 12.4. The van der Waals surface area contributed by atoms with Crippen molar-refractivity contribution < 1.29 is 19.4 Å². The van der Waals surface area contributed by atoms with E-state index in [1.54, 1.807) is 24.1 Å². The highest BCUT2D eigenvalue weighted by atomic mass is 79.9. The molecule has 0 aliphatic rings. The van der Waals surface area contributed by atoms with Gasteiger partial charge in [0.15, 0.2) is 11.5 Å². The first-order valence-corrected chi connectivity index (χ1v) is 7.78. The highest BCUT2D eigenvalue weighted by molar-refractivity contribution is 9.10. The molecule has 0 radical (unpaired) electrons. The van der Waals surface area contributed by atoms with Crippen LogP contribution in [0.25, 0.3) is 0 Å². The number of nitrogens with zero attached hydrogens (tertiary/aromatic N) is 1. The summed E-state index contributed by atoms with van der Waals surface area (Å²) in [6.45, 7) is 5.26. The van der Waals surface area contributed by atoms with Gasteiger partial charge in [0, 0.05) is 18.7 Å². The Bertz CT molecular complexity index is 479. The Morgan fingerprint density at radius 1 is 1.38 bits per heavy atom. The fourth-order valence-corrected chi connectivity index (χ4v) is 2.45. The van der Waals surface area contributed by atoms with E-state index in [0.29, 0.717) is 41.2 Å². The summed E-state index contributed by atoms with van der Waals surface area (Å²) in [6.07, 6.45) is 0.885. The van der Waals surface area contributed by atoms with E-state index < -0.39 is 0 Å². The Morgan fingerprint density at radius 3 is 2.62 bits per heavy atom. The summed E-state index contributed by atoms with van der Waals surface area (Å²) in [7, 11) is 1.54. The Kier molecular flexibility index (Phi) is 7.53. The molecule has 1 rings (SSSR count). The zero-order valence-corrected chi connectivity index (χ0v) is 14.3. The molecular weight excluding hydrogens is 338 g/mol. The van der Waals surface area contributed by atoms with Crippen molar-refractivity contribution in [1.82, 2.24) is 4.90 Å². The van der Waals surface area contributed by atoms with Crippen LogP contribution in [0.2, 0.25) is 0 Å². The van der Waals surface area contributed by atoms with Crippen molar-refractivity contribution >= 4 is 21.8 Å². The second-order valence-electron chi connectivity index (χ2n) is 4.45. The van der Waals surface area contributed by atoms with Gasteiger partial charge in [-0.05, 0) is 41.4 Å². The molecule has 0 heterocycles. The zero-order chi connectivity index (χ0) is 15.8. The lowest BCUT2D eigenvalue weighted by molar-refractivity contribution is 0.0731. The lowest BCUT2D eigenvalue weighted by Gasteiger charge is -2.21. The average molecular weight is 360 g/mol. The van der Waals surface area contributed by atoms with Gasteiger partial charge in [-0.25, -0.2) is 0 Å².